The third-order valence-corrected chi connectivity index (χ3v) is 2.65. The molecule has 0 aliphatic carbocycles. The smallest absolute Gasteiger partial charge is 0.338 e. The Morgan fingerprint density at radius 2 is 2.44 bits per heavy atom. The van der Waals surface area contributed by atoms with Crippen molar-refractivity contribution < 1.29 is 9.53 Å². The summed E-state index contributed by atoms with van der Waals surface area (Å²) >= 11 is 3.35. The van der Waals surface area contributed by atoms with E-state index in [4.69, 9.17) is 4.74 Å². The van der Waals surface area contributed by atoms with E-state index >= 15 is 0 Å². The Morgan fingerprint density at radius 3 is 3.19 bits per heavy atom. The highest BCUT2D eigenvalue weighted by atomic mass is 79.9. The minimum atomic E-state index is -0.378. The summed E-state index contributed by atoms with van der Waals surface area (Å²) < 4.78 is 5.71. The van der Waals surface area contributed by atoms with Gasteiger partial charge in [-0.25, -0.2) is 9.78 Å². The number of halogens is 1. The van der Waals surface area contributed by atoms with Crippen LogP contribution in [0.4, 0.5) is 0 Å². The summed E-state index contributed by atoms with van der Waals surface area (Å²) in [5.41, 5.74) is 2.06. The fourth-order valence-corrected chi connectivity index (χ4v) is 1.91. The highest BCUT2D eigenvalue weighted by Gasteiger charge is 2.11. The number of carbonyl (C=O) groups excluding carboxylic acids is 1. The molecule has 82 valence electrons. The van der Waals surface area contributed by atoms with E-state index in [9.17, 15) is 4.79 Å². The zero-order valence-corrected chi connectivity index (χ0v) is 9.95. The number of esters is 1. The van der Waals surface area contributed by atoms with Gasteiger partial charge in [0.15, 0.2) is 0 Å². The zero-order valence-electron chi connectivity index (χ0n) is 8.37. The second-order valence-corrected chi connectivity index (χ2v) is 4.00. The molecular weight excluding hydrogens is 272 g/mol. The van der Waals surface area contributed by atoms with E-state index in [-0.39, 0.29) is 12.6 Å². The zero-order chi connectivity index (χ0) is 11.5. The third kappa shape index (κ3) is 1.99. The van der Waals surface area contributed by atoms with Crippen LogP contribution in [0.1, 0.15) is 10.4 Å². The number of H-pyrrole nitrogens is 1. The van der Waals surface area contributed by atoms with Crippen LogP contribution < -0.4 is 0 Å². The lowest BCUT2D eigenvalue weighted by molar-refractivity contribution is 0.0550. The van der Waals surface area contributed by atoms with E-state index in [2.05, 4.69) is 32.5 Å². The number of ether oxygens (including phenoxy) is 1. The number of benzene rings is 1. The molecule has 0 spiro atoms. The molecule has 2 aromatic rings. The molecule has 0 saturated heterocycles. The highest BCUT2D eigenvalue weighted by molar-refractivity contribution is 9.10. The Morgan fingerprint density at radius 1 is 1.62 bits per heavy atom. The average Bonchev–Trinajstić information content (AvgIpc) is 2.74. The molecule has 1 N–H and O–H groups in total. The molecule has 0 aliphatic rings. The van der Waals surface area contributed by atoms with Gasteiger partial charge in [-0.2, -0.15) is 0 Å². The molecule has 0 unspecified atom stereocenters. The predicted octanol–water partition coefficient (Wildman–Crippen LogP) is 2.67. The molecule has 1 aromatic heterocycles. The van der Waals surface area contributed by atoms with Gasteiger partial charge in [-0.3, -0.25) is 0 Å². The minimum Gasteiger partial charge on any atom is -0.458 e. The molecule has 1 aromatic carbocycles. The van der Waals surface area contributed by atoms with Crippen molar-refractivity contribution in [2.75, 3.05) is 6.61 Å². The number of imidazole rings is 1. The molecule has 0 atom stereocenters. The van der Waals surface area contributed by atoms with Crippen LogP contribution in [0.3, 0.4) is 0 Å². The van der Waals surface area contributed by atoms with E-state index in [1.165, 1.54) is 6.08 Å². The summed E-state index contributed by atoms with van der Waals surface area (Å²) in [5, 5.41) is 0. The van der Waals surface area contributed by atoms with Crippen molar-refractivity contribution in [1.82, 2.24) is 9.97 Å². The Kier molecular flexibility index (Phi) is 3.05. The number of nitrogens with one attached hydrogen (secondary N) is 1. The van der Waals surface area contributed by atoms with Crippen LogP contribution in [0, 0.1) is 0 Å². The Hall–Kier alpha value is -1.62. The van der Waals surface area contributed by atoms with Crippen molar-refractivity contribution in [2.45, 2.75) is 0 Å². The average molecular weight is 281 g/mol. The minimum absolute atomic E-state index is 0.206. The molecule has 4 nitrogen and oxygen atoms in total. The van der Waals surface area contributed by atoms with Crippen molar-refractivity contribution in [3.8, 4) is 0 Å². The Labute approximate surface area is 100 Å². The monoisotopic (exact) mass is 280 g/mol. The molecule has 2 rings (SSSR count). The molecule has 0 fully saturated rings. The van der Waals surface area contributed by atoms with Gasteiger partial charge in [0, 0.05) is 4.47 Å². The summed E-state index contributed by atoms with van der Waals surface area (Å²) in [7, 11) is 0. The highest BCUT2D eigenvalue weighted by Crippen LogP contribution is 2.23. The molecular formula is C11H9BrN2O2. The summed E-state index contributed by atoms with van der Waals surface area (Å²) in [5.74, 6) is -0.378. The number of aromatic amines is 1. The summed E-state index contributed by atoms with van der Waals surface area (Å²) in [6.45, 7) is 3.69. The number of hydrogen-bond acceptors (Lipinski definition) is 3. The first-order valence-corrected chi connectivity index (χ1v) is 5.42. The first kappa shape index (κ1) is 10.9. The van der Waals surface area contributed by atoms with Gasteiger partial charge in [0.2, 0.25) is 0 Å². The molecule has 0 radical (unpaired) electrons. The van der Waals surface area contributed by atoms with E-state index in [1.54, 1.807) is 18.5 Å². The SMILES string of the molecule is C=CCOC(=O)c1cc(Br)c2nc[nH]c2c1. The van der Waals surface area contributed by atoms with Gasteiger partial charge >= 0.3 is 5.97 Å². The van der Waals surface area contributed by atoms with Gasteiger partial charge in [0.1, 0.15) is 12.1 Å². The van der Waals surface area contributed by atoms with E-state index < -0.39 is 0 Å². The number of carbonyl (C=O) groups is 1. The summed E-state index contributed by atoms with van der Waals surface area (Å²) in [6, 6.07) is 3.40. The van der Waals surface area contributed by atoms with Crippen LogP contribution in [-0.2, 0) is 4.74 Å². The van der Waals surface area contributed by atoms with Gasteiger partial charge in [0.25, 0.3) is 0 Å². The molecule has 0 aliphatic heterocycles. The lowest BCUT2D eigenvalue weighted by atomic mass is 10.2. The van der Waals surface area contributed by atoms with Gasteiger partial charge < -0.3 is 9.72 Å². The normalized spacial score (nSPS) is 10.3. The molecule has 16 heavy (non-hydrogen) atoms. The molecule has 0 amide bonds. The second kappa shape index (κ2) is 4.49. The fraction of sp³-hybridized carbons (Fsp3) is 0.0909. The Bertz CT molecular complexity index is 548. The Balaban J connectivity index is 2.37. The van der Waals surface area contributed by atoms with Crippen LogP contribution >= 0.6 is 15.9 Å². The molecule has 5 heteroatoms. The van der Waals surface area contributed by atoms with Crippen LogP contribution in [-0.4, -0.2) is 22.5 Å². The topological polar surface area (TPSA) is 55.0 Å². The lowest BCUT2D eigenvalue weighted by Crippen LogP contribution is -2.05. The number of rotatable bonds is 3. The largest absolute Gasteiger partial charge is 0.458 e. The number of aromatic nitrogens is 2. The fourth-order valence-electron chi connectivity index (χ4n) is 1.34. The number of nitrogens with zero attached hydrogens (tertiary/aromatic N) is 1. The van der Waals surface area contributed by atoms with E-state index in [0.717, 1.165) is 15.5 Å². The first-order chi connectivity index (χ1) is 7.72. The van der Waals surface area contributed by atoms with Crippen molar-refractivity contribution in [3.63, 3.8) is 0 Å². The van der Waals surface area contributed by atoms with Gasteiger partial charge in [-0.15, -0.1) is 0 Å². The van der Waals surface area contributed by atoms with Crippen LogP contribution in [0.15, 0.2) is 35.6 Å². The first-order valence-electron chi connectivity index (χ1n) is 4.63. The third-order valence-electron chi connectivity index (χ3n) is 2.05. The van der Waals surface area contributed by atoms with Crippen LogP contribution in [0.5, 0.6) is 0 Å². The predicted molar refractivity (Wildman–Crippen MR) is 64.3 cm³/mol. The number of fused-ring (bicyclic) bond motifs is 1. The molecule has 0 bridgehead atoms. The maximum atomic E-state index is 11.6. The van der Waals surface area contributed by atoms with E-state index in [1.807, 2.05) is 0 Å². The van der Waals surface area contributed by atoms with Crippen molar-refractivity contribution in [2.24, 2.45) is 0 Å². The standard InChI is InChI=1S/C11H9BrN2O2/c1-2-3-16-11(15)7-4-8(12)10-9(5-7)13-6-14-10/h2,4-6H,1,3H2,(H,13,14). The van der Waals surface area contributed by atoms with Gasteiger partial charge in [0.05, 0.1) is 17.4 Å². The van der Waals surface area contributed by atoms with Crippen LogP contribution in [0.2, 0.25) is 0 Å². The van der Waals surface area contributed by atoms with Crippen molar-refractivity contribution >= 4 is 32.9 Å². The lowest BCUT2D eigenvalue weighted by Gasteiger charge is -2.02. The second-order valence-electron chi connectivity index (χ2n) is 3.14. The molecule has 0 saturated carbocycles. The maximum absolute atomic E-state index is 11.6. The maximum Gasteiger partial charge on any atom is 0.338 e. The van der Waals surface area contributed by atoms with Crippen LogP contribution in [0.25, 0.3) is 11.0 Å². The van der Waals surface area contributed by atoms with Gasteiger partial charge in [-0.1, -0.05) is 12.7 Å². The quantitative estimate of drug-likeness (QED) is 0.695. The summed E-state index contributed by atoms with van der Waals surface area (Å²) in [4.78, 5) is 18.6. The molecule has 1 heterocycles. The van der Waals surface area contributed by atoms with E-state index in [0.29, 0.717) is 5.56 Å². The number of hydrogen-bond donors (Lipinski definition) is 1. The van der Waals surface area contributed by atoms with Crippen molar-refractivity contribution in [3.05, 3.63) is 41.2 Å². The summed E-state index contributed by atoms with van der Waals surface area (Å²) in [6.07, 6.45) is 3.11. The van der Waals surface area contributed by atoms with Gasteiger partial charge in [-0.05, 0) is 28.1 Å². The van der Waals surface area contributed by atoms with Crippen molar-refractivity contribution in [1.29, 1.82) is 0 Å².